The molecule has 3 heterocycles. The quantitative estimate of drug-likeness (QED) is 0.699. The molecule has 4 nitrogen and oxygen atoms in total. The monoisotopic (exact) mass is 393 g/mol. The van der Waals surface area contributed by atoms with Crippen molar-refractivity contribution in [3.63, 3.8) is 0 Å². The fourth-order valence-electron chi connectivity index (χ4n) is 5.13. The van der Waals surface area contributed by atoms with Crippen molar-refractivity contribution >= 4 is 10.9 Å². The Bertz CT molecular complexity index is 1050. The SMILES string of the molecule is COc1ccc2[nH]c3c(c2c1)CCNC31CCN(Cc2ccc(F)cc2C)CC1. The normalized spacial score (nSPS) is 18.9. The van der Waals surface area contributed by atoms with E-state index in [-0.39, 0.29) is 11.4 Å². The van der Waals surface area contributed by atoms with Crippen LogP contribution in [0, 0.1) is 12.7 Å². The Hall–Kier alpha value is -2.37. The highest BCUT2D eigenvalue weighted by atomic mass is 19.1. The van der Waals surface area contributed by atoms with Crippen molar-refractivity contribution in [2.45, 2.75) is 38.3 Å². The third-order valence-corrected chi connectivity index (χ3v) is 6.84. The molecule has 2 aliphatic heterocycles. The lowest BCUT2D eigenvalue weighted by atomic mass is 9.79. The van der Waals surface area contributed by atoms with Crippen molar-refractivity contribution in [2.24, 2.45) is 0 Å². The molecule has 3 aromatic rings. The van der Waals surface area contributed by atoms with E-state index in [1.54, 1.807) is 19.2 Å². The van der Waals surface area contributed by atoms with Gasteiger partial charge in [-0.1, -0.05) is 6.07 Å². The van der Waals surface area contributed by atoms with Gasteiger partial charge in [-0.2, -0.15) is 0 Å². The molecule has 2 aromatic carbocycles. The number of hydrogen-bond donors (Lipinski definition) is 2. The number of likely N-dealkylation sites (tertiary alicyclic amines) is 1. The van der Waals surface area contributed by atoms with Crippen LogP contribution in [0.5, 0.6) is 5.75 Å². The van der Waals surface area contributed by atoms with E-state index in [0.717, 1.165) is 56.8 Å². The van der Waals surface area contributed by atoms with Gasteiger partial charge < -0.3 is 15.0 Å². The smallest absolute Gasteiger partial charge is 0.123 e. The number of ether oxygens (including phenoxy) is 1. The summed E-state index contributed by atoms with van der Waals surface area (Å²) in [7, 11) is 1.72. The zero-order valence-electron chi connectivity index (χ0n) is 17.1. The molecule has 1 fully saturated rings. The van der Waals surface area contributed by atoms with Crippen LogP contribution in [-0.4, -0.2) is 36.6 Å². The molecule has 0 radical (unpaired) electrons. The minimum Gasteiger partial charge on any atom is -0.497 e. The number of nitrogens with one attached hydrogen (secondary N) is 2. The van der Waals surface area contributed by atoms with Crippen molar-refractivity contribution in [3.8, 4) is 5.75 Å². The van der Waals surface area contributed by atoms with Gasteiger partial charge in [0.05, 0.1) is 12.6 Å². The molecule has 2 N–H and O–H groups in total. The summed E-state index contributed by atoms with van der Waals surface area (Å²) in [5.74, 6) is 0.759. The van der Waals surface area contributed by atoms with Gasteiger partial charge in [-0.05, 0) is 73.2 Å². The maximum atomic E-state index is 13.4. The molecule has 0 unspecified atom stereocenters. The number of hydrogen-bond acceptors (Lipinski definition) is 3. The van der Waals surface area contributed by atoms with E-state index in [9.17, 15) is 4.39 Å². The summed E-state index contributed by atoms with van der Waals surface area (Å²) in [4.78, 5) is 6.22. The van der Waals surface area contributed by atoms with Crippen molar-refractivity contribution in [3.05, 3.63) is 64.6 Å². The standard InChI is InChI=1S/C24H28FN3O/c1-16-13-18(25)4-3-17(16)15-28-11-8-24(9-12-28)23-20(7-10-26-24)21-14-19(29-2)5-6-22(21)27-23/h3-6,13-14,26-27H,7-12,15H2,1-2H3. The molecule has 0 aliphatic carbocycles. The summed E-state index contributed by atoms with van der Waals surface area (Å²) < 4.78 is 18.9. The number of aryl methyl sites for hydroxylation is 1. The summed E-state index contributed by atoms with van der Waals surface area (Å²) in [5.41, 5.74) is 6.28. The summed E-state index contributed by atoms with van der Waals surface area (Å²) in [6.45, 7) is 5.95. The molecule has 2 aliphatic rings. The first-order valence-electron chi connectivity index (χ1n) is 10.5. The second-order valence-electron chi connectivity index (χ2n) is 8.50. The molecular weight excluding hydrogens is 365 g/mol. The number of methoxy groups -OCH3 is 1. The lowest BCUT2D eigenvalue weighted by Crippen LogP contribution is -2.54. The van der Waals surface area contributed by atoms with E-state index >= 15 is 0 Å². The minimum atomic E-state index is -0.154. The van der Waals surface area contributed by atoms with Crippen LogP contribution in [0.15, 0.2) is 36.4 Å². The Kier molecular flexibility index (Phi) is 4.60. The van der Waals surface area contributed by atoms with E-state index in [1.807, 2.05) is 19.1 Å². The first kappa shape index (κ1) is 18.6. The van der Waals surface area contributed by atoms with Gasteiger partial charge in [0.1, 0.15) is 11.6 Å². The first-order chi connectivity index (χ1) is 14.1. The van der Waals surface area contributed by atoms with Gasteiger partial charge in [-0.25, -0.2) is 4.39 Å². The summed E-state index contributed by atoms with van der Waals surface area (Å²) >= 11 is 0. The molecule has 0 atom stereocenters. The van der Waals surface area contributed by atoms with E-state index in [4.69, 9.17) is 4.74 Å². The van der Waals surface area contributed by atoms with Crippen LogP contribution in [0.3, 0.4) is 0 Å². The number of aromatic amines is 1. The van der Waals surface area contributed by atoms with E-state index in [2.05, 4.69) is 27.3 Å². The third-order valence-electron chi connectivity index (χ3n) is 6.84. The van der Waals surface area contributed by atoms with Crippen LogP contribution < -0.4 is 10.1 Å². The second kappa shape index (κ2) is 7.15. The second-order valence-corrected chi connectivity index (χ2v) is 8.50. The molecule has 1 spiro atoms. The summed E-state index contributed by atoms with van der Waals surface area (Å²) in [5, 5.41) is 5.14. The van der Waals surface area contributed by atoms with Crippen LogP contribution in [-0.2, 0) is 18.5 Å². The average Bonchev–Trinajstić information content (AvgIpc) is 3.11. The summed E-state index contributed by atoms with van der Waals surface area (Å²) in [6, 6.07) is 11.5. The van der Waals surface area contributed by atoms with Crippen LogP contribution in [0.25, 0.3) is 10.9 Å². The van der Waals surface area contributed by atoms with Crippen LogP contribution in [0.1, 0.15) is 35.2 Å². The molecule has 5 rings (SSSR count). The molecule has 0 amide bonds. The van der Waals surface area contributed by atoms with Crippen molar-refractivity contribution < 1.29 is 9.13 Å². The highest BCUT2D eigenvalue weighted by Crippen LogP contribution is 2.41. The fraction of sp³-hybridized carbons (Fsp3) is 0.417. The predicted octanol–water partition coefficient (Wildman–Crippen LogP) is 4.26. The van der Waals surface area contributed by atoms with Crippen molar-refractivity contribution in [2.75, 3.05) is 26.7 Å². The Morgan fingerprint density at radius 2 is 1.97 bits per heavy atom. The van der Waals surface area contributed by atoms with Gasteiger partial charge >= 0.3 is 0 Å². The zero-order chi connectivity index (χ0) is 20.0. The maximum absolute atomic E-state index is 13.4. The van der Waals surface area contributed by atoms with Crippen LogP contribution in [0.4, 0.5) is 4.39 Å². The zero-order valence-corrected chi connectivity index (χ0v) is 17.1. The highest BCUT2D eigenvalue weighted by Gasteiger charge is 2.41. The van der Waals surface area contributed by atoms with Crippen molar-refractivity contribution in [1.29, 1.82) is 0 Å². The van der Waals surface area contributed by atoms with Gasteiger partial charge in [0, 0.05) is 42.8 Å². The molecular formula is C24H28FN3O. The number of rotatable bonds is 3. The molecule has 1 aromatic heterocycles. The van der Waals surface area contributed by atoms with Gasteiger partial charge in [0.15, 0.2) is 0 Å². The Balaban J connectivity index is 1.38. The lowest BCUT2D eigenvalue weighted by molar-refractivity contribution is 0.121. The first-order valence-corrected chi connectivity index (χ1v) is 10.5. The fourth-order valence-corrected chi connectivity index (χ4v) is 5.13. The predicted molar refractivity (Wildman–Crippen MR) is 114 cm³/mol. The summed E-state index contributed by atoms with van der Waals surface area (Å²) in [6.07, 6.45) is 3.19. The number of benzene rings is 2. The van der Waals surface area contributed by atoms with E-state index in [0.29, 0.717) is 0 Å². The van der Waals surface area contributed by atoms with Gasteiger partial charge in [-0.3, -0.25) is 4.90 Å². The van der Waals surface area contributed by atoms with Crippen molar-refractivity contribution in [1.82, 2.24) is 15.2 Å². The van der Waals surface area contributed by atoms with Crippen LogP contribution in [0.2, 0.25) is 0 Å². The number of halogens is 1. The van der Waals surface area contributed by atoms with Crippen LogP contribution >= 0.6 is 0 Å². The van der Waals surface area contributed by atoms with E-state index < -0.39 is 0 Å². The van der Waals surface area contributed by atoms with E-state index in [1.165, 1.54) is 27.7 Å². The highest BCUT2D eigenvalue weighted by molar-refractivity contribution is 5.86. The third kappa shape index (κ3) is 3.22. The Labute approximate surface area is 171 Å². The number of H-pyrrole nitrogens is 1. The minimum absolute atomic E-state index is 0.0220. The van der Waals surface area contributed by atoms with Gasteiger partial charge in [0.25, 0.3) is 0 Å². The number of aromatic nitrogens is 1. The molecule has 5 heteroatoms. The number of fused-ring (bicyclic) bond motifs is 4. The number of nitrogens with zero attached hydrogens (tertiary/aromatic N) is 1. The largest absolute Gasteiger partial charge is 0.497 e. The number of piperidine rings is 1. The lowest BCUT2D eigenvalue weighted by Gasteiger charge is -2.45. The molecule has 29 heavy (non-hydrogen) atoms. The molecule has 1 saturated heterocycles. The molecule has 152 valence electrons. The van der Waals surface area contributed by atoms with Gasteiger partial charge in [0.2, 0.25) is 0 Å². The maximum Gasteiger partial charge on any atom is 0.123 e. The topological polar surface area (TPSA) is 40.3 Å². The average molecular weight is 394 g/mol. The van der Waals surface area contributed by atoms with Gasteiger partial charge in [-0.15, -0.1) is 0 Å². The molecule has 0 bridgehead atoms. The Morgan fingerprint density at radius 1 is 1.14 bits per heavy atom. The Morgan fingerprint density at radius 3 is 2.72 bits per heavy atom. The molecule has 0 saturated carbocycles.